The predicted octanol–water partition coefficient (Wildman–Crippen LogP) is 2.30. The zero-order chi connectivity index (χ0) is 14.0. The maximum absolute atomic E-state index is 12.2. The molecule has 0 aliphatic carbocycles. The first-order valence-electron chi connectivity index (χ1n) is 6.39. The third kappa shape index (κ3) is 3.64. The molecular formula is C13H19NO3S2. The zero-order valence-corrected chi connectivity index (χ0v) is 12.9. The second-order valence-corrected chi connectivity index (χ2v) is 7.95. The molecule has 1 aromatic rings. The van der Waals surface area contributed by atoms with E-state index in [9.17, 15) is 13.2 Å². The van der Waals surface area contributed by atoms with Gasteiger partial charge in [0, 0.05) is 30.5 Å². The number of piperidine rings is 1. The second-order valence-electron chi connectivity index (χ2n) is 5.23. The van der Waals surface area contributed by atoms with Crippen LogP contribution >= 0.6 is 11.3 Å². The molecule has 106 valence electrons. The minimum absolute atomic E-state index is 0.138. The van der Waals surface area contributed by atoms with Crippen LogP contribution in [0.4, 0.5) is 0 Å². The van der Waals surface area contributed by atoms with Gasteiger partial charge in [-0.25, -0.2) is 12.7 Å². The number of aryl methyl sites for hydroxylation is 1. The van der Waals surface area contributed by atoms with Gasteiger partial charge in [0.1, 0.15) is 0 Å². The summed E-state index contributed by atoms with van der Waals surface area (Å²) >= 11 is 1.53. The van der Waals surface area contributed by atoms with E-state index < -0.39 is 10.0 Å². The molecule has 1 saturated heterocycles. The fourth-order valence-corrected chi connectivity index (χ4v) is 4.31. The molecular weight excluding hydrogens is 282 g/mol. The normalized spacial score (nSPS) is 21.5. The van der Waals surface area contributed by atoms with Gasteiger partial charge >= 0.3 is 0 Å². The summed E-state index contributed by atoms with van der Waals surface area (Å²) < 4.78 is 24.6. The number of hydrogen-bond acceptors (Lipinski definition) is 4. The predicted molar refractivity (Wildman–Crippen MR) is 77.1 cm³/mol. The Morgan fingerprint density at radius 3 is 2.79 bits per heavy atom. The number of ketones is 1. The lowest BCUT2D eigenvalue weighted by Gasteiger charge is -2.30. The van der Waals surface area contributed by atoms with Crippen molar-refractivity contribution in [3.63, 3.8) is 0 Å². The Hall–Kier alpha value is -0.720. The van der Waals surface area contributed by atoms with E-state index in [0.717, 1.165) is 24.0 Å². The van der Waals surface area contributed by atoms with E-state index in [4.69, 9.17) is 0 Å². The van der Waals surface area contributed by atoms with E-state index >= 15 is 0 Å². The van der Waals surface area contributed by atoms with Crippen molar-refractivity contribution in [2.24, 2.45) is 5.92 Å². The van der Waals surface area contributed by atoms with Crippen molar-refractivity contribution < 1.29 is 13.2 Å². The smallest absolute Gasteiger partial charge is 0.211 e. The van der Waals surface area contributed by atoms with Crippen LogP contribution in [-0.2, 0) is 10.0 Å². The molecule has 0 radical (unpaired) electrons. The summed E-state index contributed by atoms with van der Waals surface area (Å²) in [4.78, 5) is 12.2. The molecule has 0 bridgehead atoms. The number of hydrogen-bond donors (Lipinski definition) is 0. The molecule has 2 heterocycles. The van der Waals surface area contributed by atoms with E-state index in [1.807, 2.05) is 17.7 Å². The first kappa shape index (κ1) is 14.7. The topological polar surface area (TPSA) is 54.5 Å². The fraction of sp³-hybridized carbons (Fsp3) is 0.615. The molecule has 1 aliphatic heterocycles. The molecule has 0 saturated carbocycles. The summed E-state index contributed by atoms with van der Waals surface area (Å²) in [6.45, 7) is 3.00. The van der Waals surface area contributed by atoms with Gasteiger partial charge in [-0.3, -0.25) is 4.79 Å². The number of carbonyl (C=O) groups is 1. The summed E-state index contributed by atoms with van der Waals surface area (Å²) in [5, 5.41) is 3.85. The number of rotatable bonds is 4. The van der Waals surface area contributed by atoms with Crippen LogP contribution in [-0.4, -0.2) is 37.9 Å². The maximum atomic E-state index is 12.2. The van der Waals surface area contributed by atoms with Gasteiger partial charge in [0.2, 0.25) is 10.0 Å². The SMILES string of the molecule is Cc1cscc1C(=O)CC1CCCN(S(C)(=O)=O)C1. The molecule has 19 heavy (non-hydrogen) atoms. The highest BCUT2D eigenvalue weighted by Gasteiger charge is 2.27. The Bertz CT molecular complexity index is 562. The van der Waals surface area contributed by atoms with Crippen LogP contribution in [0.2, 0.25) is 0 Å². The molecule has 4 nitrogen and oxygen atoms in total. The van der Waals surface area contributed by atoms with Gasteiger partial charge in [0.05, 0.1) is 6.26 Å². The van der Waals surface area contributed by atoms with Gasteiger partial charge in [0.25, 0.3) is 0 Å². The minimum atomic E-state index is -3.13. The summed E-state index contributed by atoms with van der Waals surface area (Å²) in [7, 11) is -3.13. The molecule has 0 amide bonds. The van der Waals surface area contributed by atoms with Crippen molar-refractivity contribution in [1.82, 2.24) is 4.31 Å². The molecule has 1 aliphatic rings. The van der Waals surface area contributed by atoms with Gasteiger partial charge in [-0.2, -0.15) is 11.3 Å². The standard InChI is InChI=1S/C13H19NO3S2/c1-10-8-18-9-12(10)13(15)6-11-4-3-5-14(7-11)19(2,16)17/h8-9,11H,3-7H2,1-2H3. The molecule has 0 N–H and O–H groups in total. The average molecular weight is 301 g/mol. The van der Waals surface area contributed by atoms with Crippen LogP contribution < -0.4 is 0 Å². The maximum Gasteiger partial charge on any atom is 0.211 e. The average Bonchev–Trinajstić information content (AvgIpc) is 2.75. The van der Waals surface area contributed by atoms with E-state index in [1.165, 1.54) is 21.9 Å². The van der Waals surface area contributed by atoms with Crippen LogP contribution in [0.15, 0.2) is 10.8 Å². The molecule has 0 aromatic carbocycles. The highest BCUT2D eigenvalue weighted by atomic mass is 32.2. The Kier molecular flexibility index (Phi) is 4.43. The molecule has 1 fully saturated rings. The van der Waals surface area contributed by atoms with Gasteiger partial charge in [-0.15, -0.1) is 0 Å². The highest BCUT2D eigenvalue weighted by molar-refractivity contribution is 7.88. The number of Topliss-reactive ketones (excluding diaryl/α,β-unsaturated/α-hetero) is 1. The van der Waals surface area contributed by atoms with E-state index in [2.05, 4.69) is 0 Å². The van der Waals surface area contributed by atoms with Crippen LogP contribution in [0.3, 0.4) is 0 Å². The summed E-state index contributed by atoms with van der Waals surface area (Å²) in [5.41, 5.74) is 1.81. The van der Waals surface area contributed by atoms with Gasteiger partial charge in [0.15, 0.2) is 5.78 Å². The lowest BCUT2D eigenvalue weighted by atomic mass is 9.92. The molecule has 0 spiro atoms. The van der Waals surface area contributed by atoms with Crippen molar-refractivity contribution in [2.75, 3.05) is 19.3 Å². The van der Waals surface area contributed by atoms with Crippen LogP contribution in [0, 0.1) is 12.8 Å². The molecule has 1 unspecified atom stereocenters. The quantitative estimate of drug-likeness (QED) is 0.802. The van der Waals surface area contributed by atoms with Crippen molar-refractivity contribution in [3.05, 3.63) is 21.9 Å². The lowest BCUT2D eigenvalue weighted by molar-refractivity contribution is 0.0942. The second kappa shape index (κ2) is 5.73. The van der Waals surface area contributed by atoms with Crippen molar-refractivity contribution in [2.45, 2.75) is 26.2 Å². The molecule has 6 heteroatoms. The Labute approximate surface area is 118 Å². The monoisotopic (exact) mass is 301 g/mol. The summed E-state index contributed by atoms with van der Waals surface area (Å²) in [5.74, 6) is 0.286. The number of sulfonamides is 1. The summed E-state index contributed by atoms with van der Waals surface area (Å²) in [6.07, 6.45) is 3.46. The van der Waals surface area contributed by atoms with E-state index in [0.29, 0.717) is 19.5 Å². The molecule has 1 aromatic heterocycles. The van der Waals surface area contributed by atoms with Crippen molar-refractivity contribution in [1.29, 1.82) is 0 Å². The Morgan fingerprint density at radius 1 is 1.47 bits per heavy atom. The lowest BCUT2D eigenvalue weighted by Crippen LogP contribution is -2.39. The van der Waals surface area contributed by atoms with Crippen molar-refractivity contribution >= 4 is 27.1 Å². The third-order valence-electron chi connectivity index (χ3n) is 3.58. The molecule has 2 rings (SSSR count). The number of carbonyl (C=O) groups excluding carboxylic acids is 1. The van der Waals surface area contributed by atoms with Crippen LogP contribution in [0.5, 0.6) is 0 Å². The van der Waals surface area contributed by atoms with Gasteiger partial charge < -0.3 is 0 Å². The highest BCUT2D eigenvalue weighted by Crippen LogP contribution is 2.24. The third-order valence-corrected chi connectivity index (χ3v) is 5.71. The molecule has 1 atom stereocenters. The van der Waals surface area contributed by atoms with Crippen molar-refractivity contribution in [3.8, 4) is 0 Å². The first-order chi connectivity index (χ1) is 8.88. The van der Waals surface area contributed by atoms with Gasteiger partial charge in [-0.05, 0) is 36.6 Å². The van der Waals surface area contributed by atoms with Crippen LogP contribution in [0.1, 0.15) is 35.2 Å². The zero-order valence-electron chi connectivity index (χ0n) is 11.3. The number of nitrogens with zero attached hydrogens (tertiary/aromatic N) is 1. The van der Waals surface area contributed by atoms with E-state index in [-0.39, 0.29) is 11.7 Å². The fourth-order valence-electron chi connectivity index (χ4n) is 2.51. The first-order valence-corrected chi connectivity index (χ1v) is 9.18. The Balaban J connectivity index is 2.00. The largest absolute Gasteiger partial charge is 0.294 e. The van der Waals surface area contributed by atoms with Gasteiger partial charge in [-0.1, -0.05) is 0 Å². The Morgan fingerprint density at radius 2 is 2.21 bits per heavy atom. The number of thiophene rings is 1. The van der Waals surface area contributed by atoms with E-state index in [1.54, 1.807) is 0 Å². The minimum Gasteiger partial charge on any atom is -0.294 e. The van der Waals surface area contributed by atoms with Crippen LogP contribution in [0.25, 0.3) is 0 Å². The summed E-state index contributed by atoms with van der Waals surface area (Å²) in [6, 6.07) is 0.